The molecular weight excluding hydrogens is 324 g/mol. The van der Waals surface area contributed by atoms with Crippen LogP contribution in [-0.4, -0.2) is 24.5 Å². The van der Waals surface area contributed by atoms with Gasteiger partial charge >= 0.3 is 0 Å². The largest absolute Gasteiger partial charge is 0.329 e. The average Bonchev–Trinajstić information content (AvgIpc) is 2.33. The lowest BCUT2D eigenvalue weighted by Crippen LogP contribution is -2.38. The first-order valence-electron chi connectivity index (χ1n) is 7.04. The summed E-state index contributed by atoms with van der Waals surface area (Å²) in [5.74, 6) is 0.850. The molecule has 0 bridgehead atoms. The fourth-order valence-corrected chi connectivity index (χ4v) is 3.53. The van der Waals surface area contributed by atoms with Crippen LogP contribution < -0.4 is 5.73 Å². The summed E-state index contributed by atoms with van der Waals surface area (Å²) < 4.78 is 1.01. The molecule has 19 heavy (non-hydrogen) atoms. The molecule has 0 radical (unpaired) electrons. The summed E-state index contributed by atoms with van der Waals surface area (Å²) in [5, 5.41) is 0.803. The highest BCUT2D eigenvalue weighted by Crippen LogP contribution is 2.33. The van der Waals surface area contributed by atoms with E-state index in [0.717, 1.165) is 34.1 Å². The Morgan fingerprint density at radius 3 is 2.68 bits per heavy atom. The number of nitrogens with two attached hydrogens (primary N) is 1. The molecule has 0 saturated heterocycles. The molecule has 4 heteroatoms. The van der Waals surface area contributed by atoms with Crippen molar-refractivity contribution in [1.29, 1.82) is 0 Å². The van der Waals surface area contributed by atoms with Crippen molar-refractivity contribution in [3.05, 3.63) is 33.3 Å². The molecule has 1 unspecified atom stereocenters. The molecule has 0 aliphatic heterocycles. The average molecular weight is 346 g/mol. The minimum atomic E-state index is 0.228. The predicted octanol–water partition coefficient (Wildman–Crippen LogP) is 4.22. The number of hydrogen-bond acceptors (Lipinski definition) is 2. The third kappa shape index (κ3) is 3.72. The summed E-state index contributed by atoms with van der Waals surface area (Å²) >= 11 is 9.83. The molecule has 1 atom stereocenters. The fourth-order valence-electron chi connectivity index (χ4n) is 2.73. The van der Waals surface area contributed by atoms with Gasteiger partial charge in [0.1, 0.15) is 0 Å². The molecule has 1 fully saturated rings. The minimum Gasteiger partial charge on any atom is -0.329 e. The van der Waals surface area contributed by atoms with E-state index < -0.39 is 0 Å². The molecule has 106 valence electrons. The van der Waals surface area contributed by atoms with Gasteiger partial charge in [0.2, 0.25) is 0 Å². The molecule has 1 aliphatic rings. The van der Waals surface area contributed by atoms with E-state index in [1.54, 1.807) is 0 Å². The molecule has 0 amide bonds. The van der Waals surface area contributed by atoms with Crippen LogP contribution in [0.4, 0.5) is 0 Å². The van der Waals surface area contributed by atoms with E-state index in [0.29, 0.717) is 6.54 Å². The monoisotopic (exact) mass is 344 g/mol. The molecule has 0 aromatic heterocycles. The van der Waals surface area contributed by atoms with Crippen LogP contribution in [0.5, 0.6) is 0 Å². The molecule has 0 heterocycles. The molecule has 1 aliphatic carbocycles. The van der Waals surface area contributed by atoms with Gasteiger partial charge in [0.25, 0.3) is 0 Å². The summed E-state index contributed by atoms with van der Waals surface area (Å²) in [6, 6.07) is 6.32. The zero-order valence-corrected chi connectivity index (χ0v) is 13.8. The Labute approximate surface area is 129 Å². The van der Waals surface area contributed by atoms with Crippen LogP contribution in [0.2, 0.25) is 5.02 Å². The van der Waals surface area contributed by atoms with E-state index in [1.807, 2.05) is 12.1 Å². The van der Waals surface area contributed by atoms with Gasteiger partial charge < -0.3 is 5.73 Å². The predicted molar refractivity (Wildman–Crippen MR) is 85.5 cm³/mol. The van der Waals surface area contributed by atoms with Crippen molar-refractivity contribution in [3.8, 4) is 0 Å². The molecule has 1 aromatic rings. The highest BCUT2D eigenvalue weighted by molar-refractivity contribution is 9.10. The van der Waals surface area contributed by atoms with Gasteiger partial charge in [-0.15, -0.1) is 0 Å². The Hall–Kier alpha value is -0.0900. The van der Waals surface area contributed by atoms with Crippen LogP contribution in [0, 0.1) is 5.92 Å². The highest BCUT2D eigenvalue weighted by atomic mass is 79.9. The summed E-state index contributed by atoms with van der Waals surface area (Å²) in [5.41, 5.74) is 7.16. The van der Waals surface area contributed by atoms with Crippen molar-refractivity contribution in [1.82, 2.24) is 4.90 Å². The normalized spacial score (nSPS) is 17.5. The van der Waals surface area contributed by atoms with Crippen LogP contribution in [0.25, 0.3) is 0 Å². The second kappa shape index (κ2) is 7.07. The van der Waals surface area contributed by atoms with E-state index in [-0.39, 0.29) is 6.04 Å². The van der Waals surface area contributed by atoms with Crippen LogP contribution in [0.1, 0.15) is 37.8 Å². The lowest BCUT2D eigenvalue weighted by molar-refractivity contribution is 0.141. The van der Waals surface area contributed by atoms with Gasteiger partial charge in [0, 0.05) is 28.6 Å². The number of rotatable bonds is 6. The Bertz CT molecular complexity index is 421. The maximum atomic E-state index is 6.38. The van der Waals surface area contributed by atoms with Gasteiger partial charge in [-0.3, -0.25) is 4.90 Å². The summed E-state index contributed by atoms with van der Waals surface area (Å²) in [6.07, 6.45) is 4.11. The van der Waals surface area contributed by atoms with Gasteiger partial charge in [-0.2, -0.15) is 0 Å². The number of halogens is 2. The first-order chi connectivity index (χ1) is 9.15. The smallest absolute Gasteiger partial charge is 0.0485 e. The number of benzene rings is 1. The minimum absolute atomic E-state index is 0.228. The second-order valence-electron chi connectivity index (χ2n) is 5.30. The van der Waals surface area contributed by atoms with Crippen molar-refractivity contribution >= 4 is 27.5 Å². The third-order valence-corrected chi connectivity index (χ3v) is 4.93. The van der Waals surface area contributed by atoms with Crippen molar-refractivity contribution in [3.63, 3.8) is 0 Å². The van der Waals surface area contributed by atoms with Crippen LogP contribution >= 0.6 is 27.5 Å². The Morgan fingerprint density at radius 2 is 2.21 bits per heavy atom. The van der Waals surface area contributed by atoms with Crippen molar-refractivity contribution in [2.75, 3.05) is 19.6 Å². The number of nitrogens with zero attached hydrogens (tertiary/aromatic N) is 1. The van der Waals surface area contributed by atoms with Crippen molar-refractivity contribution < 1.29 is 0 Å². The second-order valence-corrected chi connectivity index (χ2v) is 6.62. The molecule has 1 aromatic carbocycles. The topological polar surface area (TPSA) is 29.3 Å². The molecule has 2 rings (SSSR count). The lowest BCUT2D eigenvalue weighted by Gasteiger charge is -2.36. The number of hydrogen-bond donors (Lipinski definition) is 1. The summed E-state index contributed by atoms with van der Waals surface area (Å²) in [6.45, 7) is 4.98. The van der Waals surface area contributed by atoms with Gasteiger partial charge in [0.05, 0.1) is 0 Å². The Kier molecular flexibility index (Phi) is 5.70. The molecule has 2 N–H and O–H groups in total. The van der Waals surface area contributed by atoms with E-state index in [4.69, 9.17) is 17.3 Å². The first-order valence-corrected chi connectivity index (χ1v) is 8.21. The molecule has 2 nitrogen and oxygen atoms in total. The standard InChI is InChI=1S/C15H22BrClN2/c1-2-19(10-11-4-3-5-11)15(9-18)13-7-6-12(16)8-14(13)17/h6-8,11,15H,2-5,9-10,18H2,1H3. The van der Waals surface area contributed by atoms with Gasteiger partial charge in [-0.05, 0) is 43.0 Å². The van der Waals surface area contributed by atoms with Crippen LogP contribution in [0.15, 0.2) is 22.7 Å². The Morgan fingerprint density at radius 1 is 1.47 bits per heavy atom. The quantitative estimate of drug-likeness (QED) is 0.836. The summed E-state index contributed by atoms with van der Waals surface area (Å²) in [4.78, 5) is 2.47. The van der Waals surface area contributed by atoms with Gasteiger partial charge in [-0.25, -0.2) is 0 Å². The Balaban J connectivity index is 2.15. The maximum Gasteiger partial charge on any atom is 0.0485 e. The fraction of sp³-hybridized carbons (Fsp3) is 0.600. The summed E-state index contributed by atoms with van der Waals surface area (Å²) in [7, 11) is 0. The maximum absolute atomic E-state index is 6.38. The van der Waals surface area contributed by atoms with Crippen LogP contribution in [-0.2, 0) is 0 Å². The van der Waals surface area contributed by atoms with E-state index >= 15 is 0 Å². The van der Waals surface area contributed by atoms with E-state index in [1.165, 1.54) is 19.3 Å². The number of likely N-dealkylation sites (N-methyl/N-ethyl adjacent to an activating group) is 1. The zero-order valence-electron chi connectivity index (χ0n) is 11.4. The SMILES string of the molecule is CCN(CC1CCC1)C(CN)c1ccc(Br)cc1Cl. The molecule has 1 saturated carbocycles. The van der Waals surface area contributed by atoms with E-state index in [2.05, 4.69) is 33.8 Å². The van der Waals surface area contributed by atoms with E-state index in [9.17, 15) is 0 Å². The molecular formula is C15H22BrClN2. The molecule has 0 spiro atoms. The lowest BCUT2D eigenvalue weighted by atomic mass is 9.84. The highest BCUT2D eigenvalue weighted by Gasteiger charge is 2.25. The zero-order chi connectivity index (χ0) is 13.8. The van der Waals surface area contributed by atoms with Crippen molar-refractivity contribution in [2.24, 2.45) is 11.7 Å². The van der Waals surface area contributed by atoms with Gasteiger partial charge in [0.15, 0.2) is 0 Å². The third-order valence-electron chi connectivity index (χ3n) is 4.11. The van der Waals surface area contributed by atoms with Crippen LogP contribution in [0.3, 0.4) is 0 Å². The van der Waals surface area contributed by atoms with Gasteiger partial charge in [-0.1, -0.05) is 46.9 Å². The first kappa shape index (κ1) is 15.3. The van der Waals surface area contributed by atoms with Crippen molar-refractivity contribution in [2.45, 2.75) is 32.2 Å².